The Bertz CT molecular complexity index is 1160. The number of rotatable bonds is 6. The number of carbonyl (C=O) groups excluding carboxylic acids is 2. The van der Waals surface area contributed by atoms with Gasteiger partial charge in [0.05, 0.1) is 17.7 Å². The second kappa shape index (κ2) is 11.5. The van der Waals surface area contributed by atoms with Crippen LogP contribution in [0.2, 0.25) is 5.02 Å². The van der Waals surface area contributed by atoms with Crippen molar-refractivity contribution in [3.63, 3.8) is 0 Å². The molecule has 10 heteroatoms. The lowest BCUT2D eigenvalue weighted by atomic mass is 9.75. The van der Waals surface area contributed by atoms with Gasteiger partial charge in [0, 0.05) is 56.1 Å². The Labute approximate surface area is 226 Å². The maximum Gasteiger partial charge on any atom is 0.417 e. The van der Waals surface area contributed by atoms with E-state index in [2.05, 4.69) is 4.90 Å². The summed E-state index contributed by atoms with van der Waals surface area (Å²) in [7, 11) is 2.02. The van der Waals surface area contributed by atoms with Crippen LogP contribution in [0.15, 0.2) is 42.5 Å². The Morgan fingerprint density at radius 1 is 0.974 bits per heavy atom. The molecule has 206 valence electrons. The highest BCUT2D eigenvalue weighted by Gasteiger charge is 2.42. The summed E-state index contributed by atoms with van der Waals surface area (Å²) in [4.78, 5) is 31.9. The molecule has 0 spiro atoms. The van der Waals surface area contributed by atoms with Crippen molar-refractivity contribution < 1.29 is 27.5 Å². The largest absolute Gasteiger partial charge is 0.493 e. The van der Waals surface area contributed by atoms with Gasteiger partial charge in [-0.2, -0.15) is 13.2 Å². The van der Waals surface area contributed by atoms with Gasteiger partial charge in [0.15, 0.2) is 0 Å². The molecule has 0 aromatic heterocycles. The first-order valence-electron chi connectivity index (χ1n) is 12.8. The third-order valence-corrected chi connectivity index (χ3v) is 8.05. The first-order valence-corrected chi connectivity index (χ1v) is 13.2. The van der Waals surface area contributed by atoms with Crippen molar-refractivity contribution >= 4 is 23.4 Å². The molecular weight excluding hydrogens is 519 g/mol. The fourth-order valence-corrected chi connectivity index (χ4v) is 5.19. The number of ether oxygens (including phenoxy) is 1. The molecule has 2 heterocycles. The molecule has 0 bridgehead atoms. The van der Waals surface area contributed by atoms with Gasteiger partial charge in [0.2, 0.25) is 5.91 Å². The summed E-state index contributed by atoms with van der Waals surface area (Å²) in [5.74, 6) is 0.0262. The topological polar surface area (TPSA) is 53.1 Å². The molecule has 0 unspecified atom stereocenters. The number of hydrogen-bond donors (Lipinski definition) is 0. The number of aryl methyl sites for hydroxylation is 1. The minimum absolute atomic E-state index is 0.0381. The molecule has 6 nitrogen and oxygen atoms in total. The number of piperazine rings is 1. The average molecular weight is 552 g/mol. The van der Waals surface area contributed by atoms with Crippen molar-refractivity contribution in [2.45, 2.75) is 32.4 Å². The summed E-state index contributed by atoms with van der Waals surface area (Å²) in [6, 6.07) is 10.2. The smallest absolute Gasteiger partial charge is 0.417 e. The van der Waals surface area contributed by atoms with Crippen LogP contribution in [0.4, 0.5) is 13.2 Å². The van der Waals surface area contributed by atoms with E-state index >= 15 is 0 Å². The van der Waals surface area contributed by atoms with E-state index in [0.29, 0.717) is 36.7 Å². The normalized spacial score (nSPS) is 18.4. The summed E-state index contributed by atoms with van der Waals surface area (Å²) in [5.41, 5.74) is -0.966. The molecule has 2 fully saturated rings. The number of hydrogen-bond acceptors (Lipinski definition) is 4. The van der Waals surface area contributed by atoms with E-state index in [4.69, 9.17) is 16.3 Å². The number of halogens is 4. The van der Waals surface area contributed by atoms with E-state index in [-0.39, 0.29) is 37.6 Å². The van der Waals surface area contributed by atoms with Gasteiger partial charge in [-0.3, -0.25) is 9.59 Å². The minimum atomic E-state index is -4.62. The van der Waals surface area contributed by atoms with Crippen molar-refractivity contribution in [2.24, 2.45) is 5.41 Å². The number of likely N-dealkylation sites (N-methyl/N-ethyl adjacent to an activating group) is 1. The van der Waals surface area contributed by atoms with Gasteiger partial charge in [-0.1, -0.05) is 23.7 Å². The van der Waals surface area contributed by atoms with E-state index in [9.17, 15) is 22.8 Å². The first kappa shape index (κ1) is 28.2. The van der Waals surface area contributed by atoms with Crippen molar-refractivity contribution in [1.82, 2.24) is 14.7 Å². The van der Waals surface area contributed by atoms with Crippen LogP contribution < -0.4 is 4.74 Å². The Hall–Kier alpha value is -2.78. The molecule has 0 saturated carbocycles. The zero-order valence-corrected chi connectivity index (χ0v) is 22.4. The molecular formula is C28H33ClF3N3O3. The third-order valence-electron chi connectivity index (χ3n) is 7.63. The maximum absolute atomic E-state index is 13.5. The Balaban J connectivity index is 1.49. The molecule has 0 N–H and O–H groups in total. The molecule has 4 rings (SSSR count). The first-order chi connectivity index (χ1) is 18.0. The third kappa shape index (κ3) is 6.61. The summed E-state index contributed by atoms with van der Waals surface area (Å²) < 4.78 is 46.7. The van der Waals surface area contributed by atoms with Crippen LogP contribution in [0.3, 0.4) is 0 Å². The van der Waals surface area contributed by atoms with Gasteiger partial charge in [0.1, 0.15) is 5.75 Å². The van der Waals surface area contributed by atoms with E-state index in [1.165, 1.54) is 23.1 Å². The average Bonchev–Trinajstić information content (AvgIpc) is 2.89. The van der Waals surface area contributed by atoms with Crippen molar-refractivity contribution in [3.8, 4) is 5.75 Å². The monoisotopic (exact) mass is 551 g/mol. The predicted octanol–water partition coefficient (Wildman–Crippen LogP) is 5.13. The van der Waals surface area contributed by atoms with Crippen LogP contribution in [-0.2, 0) is 11.0 Å². The number of alkyl halides is 3. The van der Waals surface area contributed by atoms with Crippen molar-refractivity contribution in [2.75, 3.05) is 52.9 Å². The highest BCUT2D eigenvalue weighted by atomic mass is 35.5. The van der Waals surface area contributed by atoms with Crippen molar-refractivity contribution in [3.05, 3.63) is 64.2 Å². The second-order valence-corrected chi connectivity index (χ2v) is 10.8. The number of benzene rings is 2. The molecule has 0 atom stereocenters. The Kier molecular flexibility index (Phi) is 8.57. The fraction of sp³-hybridized carbons (Fsp3) is 0.500. The van der Waals surface area contributed by atoms with Crippen LogP contribution in [0.1, 0.15) is 40.7 Å². The zero-order chi connectivity index (χ0) is 27.5. The van der Waals surface area contributed by atoms with Gasteiger partial charge < -0.3 is 19.4 Å². The molecule has 2 saturated heterocycles. The maximum atomic E-state index is 13.5. The second-order valence-electron chi connectivity index (χ2n) is 10.4. The van der Waals surface area contributed by atoms with Gasteiger partial charge in [0.25, 0.3) is 5.91 Å². The SMILES string of the molecule is Cc1cc(OCC2(CC(=O)N3CCN(C)CC3)CCN(C(=O)c3ccccc3C(F)(F)F)CC2)ccc1Cl. The lowest BCUT2D eigenvalue weighted by Gasteiger charge is -2.43. The number of nitrogens with zero attached hydrogens (tertiary/aromatic N) is 3. The molecule has 2 aliphatic heterocycles. The van der Waals surface area contributed by atoms with Crippen LogP contribution in [0, 0.1) is 12.3 Å². The van der Waals surface area contributed by atoms with E-state index in [0.717, 1.165) is 24.7 Å². The van der Waals surface area contributed by atoms with Gasteiger partial charge in [-0.05, 0) is 62.7 Å². The lowest BCUT2D eigenvalue weighted by Crippen LogP contribution is -2.51. The standard InChI is InChI=1S/C28H33ClF3N3O3/c1-20-17-21(7-8-24(20)29)38-19-27(18-25(36)34-15-13-33(2)14-16-34)9-11-35(12-10-27)26(37)22-5-3-4-6-23(22)28(30,31)32/h3-8,17H,9-16,18-19H2,1-2H3. The quantitative estimate of drug-likeness (QED) is 0.499. The molecule has 0 radical (unpaired) electrons. The molecule has 2 amide bonds. The lowest BCUT2D eigenvalue weighted by molar-refractivity contribution is -0.138. The van der Waals surface area contributed by atoms with Gasteiger partial charge in [-0.15, -0.1) is 0 Å². The molecule has 2 aliphatic rings. The van der Waals surface area contributed by atoms with Crippen LogP contribution in [0.25, 0.3) is 0 Å². The fourth-order valence-electron chi connectivity index (χ4n) is 5.08. The molecule has 38 heavy (non-hydrogen) atoms. The zero-order valence-electron chi connectivity index (χ0n) is 21.7. The van der Waals surface area contributed by atoms with E-state index < -0.39 is 23.1 Å². The summed E-state index contributed by atoms with van der Waals surface area (Å²) >= 11 is 6.14. The Morgan fingerprint density at radius 2 is 1.63 bits per heavy atom. The van der Waals surface area contributed by atoms with Crippen LogP contribution in [0.5, 0.6) is 5.75 Å². The molecule has 2 aromatic rings. The van der Waals surface area contributed by atoms with E-state index in [1.54, 1.807) is 12.1 Å². The highest BCUT2D eigenvalue weighted by molar-refractivity contribution is 6.31. The number of piperidine rings is 1. The predicted molar refractivity (Wildman–Crippen MR) is 139 cm³/mol. The molecule has 2 aromatic carbocycles. The summed E-state index contributed by atoms with van der Waals surface area (Å²) in [6.45, 7) is 5.54. The van der Waals surface area contributed by atoms with Crippen molar-refractivity contribution in [1.29, 1.82) is 0 Å². The highest BCUT2D eigenvalue weighted by Crippen LogP contribution is 2.38. The van der Waals surface area contributed by atoms with Crippen LogP contribution >= 0.6 is 11.6 Å². The van der Waals surface area contributed by atoms with Gasteiger partial charge >= 0.3 is 6.18 Å². The number of amides is 2. The summed E-state index contributed by atoms with van der Waals surface area (Å²) in [6.07, 6.45) is -3.48. The minimum Gasteiger partial charge on any atom is -0.493 e. The number of likely N-dealkylation sites (tertiary alicyclic amines) is 1. The summed E-state index contributed by atoms with van der Waals surface area (Å²) in [5, 5.41) is 0.628. The van der Waals surface area contributed by atoms with Gasteiger partial charge in [-0.25, -0.2) is 0 Å². The Morgan fingerprint density at radius 3 is 2.26 bits per heavy atom. The number of carbonyl (C=O) groups is 2. The van der Waals surface area contributed by atoms with E-state index in [1.807, 2.05) is 24.9 Å². The van der Waals surface area contributed by atoms with Crippen LogP contribution in [-0.4, -0.2) is 79.4 Å². The molecule has 0 aliphatic carbocycles.